The molecule has 132 valence electrons. The maximum absolute atomic E-state index is 4.66. The van der Waals surface area contributed by atoms with Crippen LogP contribution in [0.1, 0.15) is 42.6 Å². The molecule has 2 aliphatic rings. The Bertz CT molecular complexity index is 730. The van der Waals surface area contributed by atoms with Gasteiger partial charge in [0.05, 0.1) is 0 Å². The zero-order valence-electron chi connectivity index (χ0n) is 15.0. The summed E-state index contributed by atoms with van der Waals surface area (Å²) in [4.78, 5) is 16.2. The molecule has 2 aromatic heterocycles. The molecule has 1 fully saturated rings. The lowest BCUT2D eigenvalue weighted by Gasteiger charge is -2.21. The number of nitrogens with zero attached hydrogens (tertiary/aromatic N) is 4. The minimum Gasteiger partial charge on any atom is -0.370 e. The molecule has 0 aromatic carbocycles. The van der Waals surface area contributed by atoms with E-state index < -0.39 is 0 Å². The van der Waals surface area contributed by atoms with Crippen molar-refractivity contribution >= 4 is 11.6 Å². The number of hydrogen-bond acceptors (Lipinski definition) is 5. The van der Waals surface area contributed by atoms with Crippen molar-refractivity contribution in [1.29, 1.82) is 0 Å². The van der Waals surface area contributed by atoms with Crippen LogP contribution in [0.2, 0.25) is 0 Å². The second kappa shape index (κ2) is 7.38. The van der Waals surface area contributed by atoms with Crippen LogP contribution in [0.25, 0.3) is 0 Å². The van der Waals surface area contributed by atoms with E-state index in [2.05, 4.69) is 31.2 Å². The number of nitrogens with one attached hydrogen (secondary N) is 1. The third kappa shape index (κ3) is 3.75. The van der Waals surface area contributed by atoms with E-state index in [1.165, 1.54) is 42.8 Å². The Morgan fingerprint density at radius 2 is 2.08 bits per heavy atom. The van der Waals surface area contributed by atoms with E-state index in [4.69, 9.17) is 0 Å². The molecule has 4 rings (SSSR count). The molecular weight excluding hydrogens is 310 g/mol. The lowest BCUT2D eigenvalue weighted by molar-refractivity contribution is 0.620. The molecule has 0 amide bonds. The van der Waals surface area contributed by atoms with Crippen LogP contribution in [0.3, 0.4) is 0 Å². The number of fused-ring (bicyclic) bond motifs is 1. The third-order valence-electron chi connectivity index (χ3n) is 5.40. The summed E-state index contributed by atoms with van der Waals surface area (Å²) < 4.78 is 0. The predicted octanol–water partition coefficient (Wildman–Crippen LogP) is 3.39. The first kappa shape index (κ1) is 16.3. The molecule has 3 heterocycles. The lowest BCUT2D eigenvalue weighted by atomic mass is 10.1. The van der Waals surface area contributed by atoms with Crippen molar-refractivity contribution in [3.63, 3.8) is 0 Å². The van der Waals surface area contributed by atoms with E-state index in [9.17, 15) is 0 Å². The van der Waals surface area contributed by atoms with Crippen LogP contribution in [0.5, 0.6) is 0 Å². The second-order valence-corrected chi connectivity index (χ2v) is 7.33. The predicted molar refractivity (Wildman–Crippen MR) is 101 cm³/mol. The van der Waals surface area contributed by atoms with Gasteiger partial charge in [-0.3, -0.25) is 0 Å². The van der Waals surface area contributed by atoms with Crippen LogP contribution in [-0.2, 0) is 12.8 Å². The smallest absolute Gasteiger partial charge is 0.135 e. The summed E-state index contributed by atoms with van der Waals surface area (Å²) >= 11 is 0. The fraction of sp³-hybridized carbons (Fsp3) is 0.550. The van der Waals surface area contributed by atoms with Crippen LogP contribution >= 0.6 is 0 Å². The molecule has 1 N–H and O–H groups in total. The first-order valence-electron chi connectivity index (χ1n) is 9.55. The van der Waals surface area contributed by atoms with E-state index in [1.807, 2.05) is 19.1 Å². The minimum atomic E-state index is 0.638. The zero-order valence-corrected chi connectivity index (χ0v) is 15.0. The van der Waals surface area contributed by atoms with Gasteiger partial charge in [0.25, 0.3) is 0 Å². The van der Waals surface area contributed by atoms with Crippen molar-refractivity contribution in [3.05, 3.63) is 41.5 Å². The van der Waals surface area contributed by atoms with Gasteiger partial charge in [0.1, 0.15) is 18.0 Å². The zero-order chi connectivity index (χ0) is 17.1. The molecule has 0 saturated carbocycles. The quantitative estimate of drug-likeness (QED) is 0.867. The van der Waals surface area contributed by atoms with Crippen LogP contribution in [-0.4, -0.2) is 34.6 Å². The summed E-state index contributed by atoms with van der Waals surface area (Å²) in [6.45, 7) is 5.17. The Hall–Kier alpha value is -2.17. The highest BCUT2D eigenvalue weighted by atomic mass is 15.2. The molecule has 0 spiro atoms. The number of aryl methyl sites for hydroxylation is 2. The van der Waals surface area contributed by atoms with Crippen LogP contribution in [0.4, 0.5) is 11.6 Å². The van der Waals surface area contributed by atoms with Gasteiger partial charge in [-0.05, 0) is 57.1 Å². The van der Waals surface area contributed by atoms with Crippen LogP contribution in [0.15, 0.2) is 24.5 Å². The maximum atomic E-state index is 4.66. The summed E-state index contributed by atoms with van der Waals surface area (Å²) in [5.41, 5.74) is 3.75. The number of aromatic nitrogens is 3. The maximum Gasteiger partial charge on any atom is 0.135 e. The van der Waals surface area contributed by atoms with E-state index in [0.29, 0.717) is 5.92 Å². The Morgan fingerprint density at radius 1 is 1.16 bits per heavy atom. The van der Waals surface area contributed by atoms with E-state index in [0.717, 1.165) is 44.0 Å². The van der Waals surface area contributed by atoms with Crippen LogP contribution in [0, 0.1) is 12.8 Å². The highest BCUT2D eigenvalue weighted by molar-refractivity contribution is 5.50. The first-order valence-corrected chi connectivity index (χ1v) is 9.55. The fourth-order valence-electron chi connectivity index (χ4n) is 4.04. The number of rotatable bonds is 4. The molecule has 5 heteroatoms. The Morgan fingerprint density at radius 3 is 3.00 bits per heavy atom. The van der Waals surface area contributed by atoms with Crippen molar-refractivity contribution in [2.45, 2.75) is 45.4 Å². The van der Waals surface area contributed by atoms with Gasteiger partial charge in [-0.1, -0.05) is 12.5 Å². The van der Waals surface area contributed by atoms with E-state index >= 15 is 0 Å². The van der Waals surface area contributed by atoms with Crippen molar-refractivity contribution < 1.29 is 0 Å². The topological polar surface area (TPSA) is 53.9 Å². The molecule has 1 aliphatic carbocycles. The van der Waals surface area contributed by atoms with Gasteiger partial charge >= 0.3 is 0 Å². The summed E-state index contributed by atoms with van der Waals surface area (Å²) in [5.74, 6) is 2.82. The molecule has 1 aliphatic heterocycles. The molecule has 1 saturated heterocycles. The number of hydrogen-bond donors (Lipinski definition) is 1. The number of anilines is 2. The summed E-state index contributed by atoms with van der Waals surface area (Å²) in [7, 11) is 0. The largest absolute Gasteiger partial charge is 0.370 e. The lowest BCUT2D eigenvalue weighted by Crippen LogP contribution is -2.25. The van der Waals surface area contributed by atoms with Crippen molar-refractivity contribution in [2.24, 2.45) is 5.92 Å². The monoisotopic (exact) mass is 337 g/mol. The molecular formula is C20H27N5. The van der Waals surface area contributed by atoms with Crippen molar-refractivity contribution in [3.8, 4) is 0 Å². The standard InChI is InChI=1S/C20H27N5/c1-15-6-5-9-19(24-15)21-12-16-10-11-25(13-16)20-17-7-3-2-4-8-18(17)22-14-23-20/h5-6,9,14,16H,2-4,7-8,10-13H2,1H3,(H,21,24). The van der Waals surface area contributed by atoms with Gasteiger partial charge in [-0.25, -0.2) is 15.0 Å². The average molecular weight is 337 g/mol. The van der Waals surface area contributed by atoms with E-state index in [-0.39, 0.29) is 0 Å². The second-order valence-electron chi connectivity index (χ2n) is 7.33. The van der Waals surface area contributed by atoms with Crippen molar-refractivity contribution in [2.75, 3.05) is 29.9 Å². The first-order chi connectivity index (χ1) is 12.3. The molecule has 0 radical (unpaired) electrons. The van der Waals surface area contributed by atoms with E-state index in [1.54, 1.807) is 6.33 Å². The van der Waals surface area contributed by atoms with Gasteiger partial charge < -0.3 is 10.2 Å². The fourth-order valence-corrected chi connectivity index (χ4v) is 4.04. The van der Waals surface area contributed by atoms with Crippen LogP contribution < -0.4 is 10.2 Å². The minimum absolute atomic E-state index is 0.638. The Labute approximate surface area is 149 Å². The molecule has 5 nitrogen and oxygen atoms in total. The Kier molecular flexibility index (Phi) is 4.81. The summed E-state index contributed by atoms with van der Waals surface area (Å²) in [5, 5.41) is 3.50. The third-order valence-corrected chi connectivity index (χ3v) is 5.40. The molecule has 25 heavy (non-hydrogen) atoms. The van der Waals surface area contributed by atoms with Gasteiger partial charge in [0.2, 0.25) is 0 Å². The molecule has 1 unspecified atom stereocenters. The van der Waals surface area contributed by atoms with Gasteiger partial charge in [-0.15, -0.1) is 0 Å². The average Bonchev–Trinajstić information content (AvgIpc) is 2.96. The summed E-state index contributed by atoms with van der Waals surface area (Å²) in [6.07, 6.45) is 9.07. The molecule has 1 atom stereocenters. The SMILES string of the molecule is Cc1cccc(NCC2CCN(c3ncnc4c3CCCCC4)C2)n1. The molecule has 0 bridgehead atoms. The Balaban J connectivity index is 1.41. The summed E-state index contributed by atoms with van der Waals surface area (Å²) in [6, 6.07) is 6.13. The van der Waals surface area contributed by atoms with Gasteiger partial charge in [0, 0.05) is 36.6 Å². The highest BCUT2D eigenvalue weighted by Gasteiger charge is 2.26. The van der Waals surface area contributed by atoms with Gasteiger partial charge in [0.15, 0.2) is 0 Å². The number of pyridine rings is 1. The van der Waals surface area contributed by atoms with Crippen molar-refractivity contribution in [1.82, 2.24) is 15.0 Å². The van der Waals surface area contributed by atoms with Gasteiger partial charge in [-0.2, -0.15) is 0 Å². The normalized spacial score (nSPS) is 20.2. The highest BCUT2D eigenvalue weighted by Crippen LogP contribution is 2.30. The molecule has 2 aromatic rings.